The summed E-state index contributed by atoms with van der Waals surface area (Å²) >= 11 is 0. The van der Waals surface area contributed by atoms with E-state index in [2.05, 4.69) is 54.1 Å². The van der Waals surface area contributed by atoms with Gasteiger partial charge in [0.15, 0.2) is 0 Å². The lowest BCUT2D eigenvalue weighted by Gasteiger charge is -2.25. The summed E-state index contributed by atoms with van der Waals surface area (Å²) in [6.07, 6.45) is 2.52. The predicted molar refractivity (Wildman–Crippen MR) is 113 cm³/mol. The van der Waals surface area contributed by atoms with Crippen molar-refractivity contribution in [3.8, 4) is 5.75 Å². The van der Waals surface area contributed by atoms with Gasteiger partial charge in [0.25, 0.3) is 0 Å². The molecule has 1 saturated heterocycles. The molecule has 1 atom stereocenters. The Hall–Kier alpha value is -2.75. The van der Waals surface area contributed by atoms with Crippen LogP contribution < -0.4 is 4.74 Å². The molecule has 0 saturated carbocycles. The summed E-state index contributed by atoms with van der Waals surface area (Å²) in [4.78, 5) is 18.7. The van der Waals surface area contributed by atoms with Gasteiger partial charge in [0, 0.05) is 23.1 Å². The molecular weight excluding hydrogens is 348 g/mol. The van der Waals surface area contributed by atoms with Crippen LogP contribution in [-0.2, 0) is 11.2 Å². The number of carbonyl (C=O) groups is 1. The Morgan fingerprint density at radius 1 is 1.18 bits per heavy atom. The van der Waals surface area contributed by atoms with Crippen molar-refractivity contribution in [1.82, 2.24) is 9.88 Å². The zero-order chi connectivity index (χ0) is 19.7. The number of likely N-dealkylation sites (tertiary alicyclic amines) is 1. The van der Waals surface area contributed by atoms with Crippen molar-refractivity contribution in [1.29, 1.82) is 0 Å². The predicted octanol–water partition coefficient (Wildman–Crippen LogP) is 5.09. The van der Waals surface area contributed by atoms with E-state index in [1.807, 2.05) is 19.1 Å². The second-order valence-corrected chi connectivity index (χ2v) is 7.70. The number of aromatic nitrogens is 1. The van der Waals surface area contributed by atoms with E-state index in [1.165, 1.54) is 16.5 Å². The third kappa shape index (κ3) is 3.51. The van der Waals surface area contributed by atoms with Crippen LogP contribution in [0, 0.1) is 13.8 Å². The van der Waals surface area contributed by atoms with Gasteiger partial charge in [-0.05, 0) is 69.0 Å². The minimum atomic E-state index is 0.162. The molecule has 1 amide bonds. The fourth-order valence-electron chi connectivity index (χ4n) is 4.34. The highest BCUT2D eigenvalue weighted by Gasteiger charge is 2.30. The Labute approximate surface area is 166 Å². The van der Waals surface area contributed by atoms with Crippen molar-refractivity contribution in [3.63, 3.8) is 0 Å². The Morgan fingerprint density at radius 2 is 1.96 bits per heavy atom. The minimum absolute atomic E-state index is 0.162. The molecule has 4 rings (SSSR count). The first-order chi connectivity index (χ1) is 13.6. The quantitative estimate of drug-likeness (QED) is 0.674. The summed E-state index contributed by atoms with van der Waals surface area (Å²) in [7, 11) is 0. The topological polar surface area (TPSA) is 45.3 Å². The van der Waals surface area contributed by atoms with E-state index in [4.69, 9.17) is 4.74 Å². The number of amides is 1. The lowest BCUT2D eigenvalue weighted by atomic mass is 10.0. The van der Waals surface area contributed by atoms with Gasteiger partial charge in [-0.15, -0.1) is 0 Å². The third-order valence-corrected chi connectivity index (χ3v) is 5.75. The summed E-state index contributed by atoms with van der Waals surface area (Å²) in [5.74, 6) is 1.09. The van der Waals surface area contributed by atoms with Gasteiger partial charge >= 0.3 is 0 Å². The molecule has 1 aliphatic heterocycles. The highest BCUT2D eigenvalue weighted by Crippen LogP contribution is 2.34. The molecule has 3 aromatic rings. The standard InChI is InChI=1S/C24H28N2O2/c1-4-28-19-10-8-18(9-11-19)23-6-5-13-26(23)24(27)15-20-17(3)25-22-12-7-16(2)14-21(20)22/h7-12,14,23,25H,4-6,13,15H2,1-3H3/t23-/m0/s1. The van der Waals surface area contributed by atoms with Gasteiger partial charge < -0.3 is 14.6 Å². The van der Waals surface area contributed by atoms with Gasteiger partial charge in [-0.2, -0.15) is 0 Å². The number of hydrogen-bond acceptors (Lipinski definition) is 2. The number of nitrogens with zero attached hydrogens (tertiary/aromatic N) is 1. The van der Waals surface area contributed by atoms with E-state index in [9.17, 15) is 4.79 Å². The van der Waals surface area contributed by atoms with E-state index < -0.39 is 0 Å². The zero-order valence-electron chi connectivity index (χ0n) is 16.9. The first kappa shape index (κ1) is 18.6. The molecule has 1 fully saturated rings. The summed E-state index contributed by atoms with van der Waals surface area (Å²) in [6, 6.07) is 14.8. The molecule has 2 aromatic carbocycles. The molecule has 4 nitrogen and oxygen atoms in total. The maximum atomic E-state index is 13.2. The first-order valence-corrected chi connectivity index (χ1v) is 10.2. The third-order valence-electron chi connectivity index (χ3n) is 5.75. The molecule has 0 radical (unpaired) electrons. The van der Waals surface area contributed by atoms with Crippen molar-refractivity contribution in [3.05, 3.63) is 64.8 Å². The maximum Gasteiger partial charge on any atom is 0.227 e. The van der Waals surface area contributed by atoms with E-state index >= 15 is 0 Å². The fraction of sp³-hybridized carbons (Fsp3) is 0.375. The van der Waals surface area contributed by atoms with Crippen LogP contribution >= 0.6 is 0 Å². The van der Waals surface area contributed by atoms with Crippen LogP contribution in [0.1, 0.15) is 48.2 Å². The van der Waals surface area contributed by atoms with Crippen molar-refractivity contribution in [2.75, 3.05) is 13.2 Å². The van der Waals surface area contributed by atoms with Gasteiger partial charge in [0.1, 0.15) is 5.75 Å². The van der Waals surface area contributed by atoms with Crippen molar-refractivity contribution in [2.45, 2.75) is 46.1 Å². The van der Waals surface area contributed by atoms with Gasteiger partial charge in [-0.1, -0.05) is 23.8 Å². The summed E-state index contributed by atoms with van der Waals surface area (Å²) in [5.41, 5.74) is 5.73. The minimum Gasteiger partial charge on any atom is -0.494 e. The summed E-state index contributed by atoms with van der Waals surface area (Å²) in [5, 5.41) is 1.17. The molecule has 1 aromatic heterocycles. The lowest BCUT2D eigenvalue weighted by molar-refractivity contribution is -0.131. The summed E-state index contributed by atoms with van der Waals surface area (Å²) < 4.78 is 5.55. The molecule has 4 heteroatoms. The average Bonchev–Trinajstić information content (AvgIpc) is 3.28. The number of rotatable bonds is 5. The van der Waals surface area contributed by atoms with Gasteiger partial charge in [0.2, 0.25) is 5.91 Å². The van der Waals surface area contributed by atoms with Crippen LogP contribution in [0.4, 0.5) is 0 Å². The highest BCUT2D eigenvalue weighted by molar-refractivity contribution is 5.90. The Kier molecular flexibility index (Phi) is 5.12. The second kappa shape index (κ2) is 7.70. The van der Waals surface area contributed by atoms with Crippen LogP contribution in [0.15, 0.2) is 42.5 Å². The van der Waals surface area contributed by atoms with Gasteiger partial charge in [-0.3, -0.25) is 4.79 Å². The van der Waals surface area contributed by atoms with Crippen LogP contribution in [-0.4, -0.2) is 28.9 Å². The van der Waals surface area contributed by atoms with Crippen molar-refractivity contribution in [2.24, 2.45) is 0 Å². The van der Waals surface area contributed by atoms with Crippen LogP contribution in [0.2, 0.25) is 0 Å². The molecule has 0 bridgehead atoms. The van der Waals surface area contributed by atoms with E-state index in [1.54, 1.807) is 0 Å². The molecular formula is C24H28N2O2. The Morgan fingerprint density at radius 3 is 2.71 bits per heavy atom. The van der Waals surface area contributed by atoms with Crippen LogP contribution in [0.5, 0.6) is 5.75 Å². The lowest BCUT2D eigenvalue weighted by Crippen LogP contribution is -2.32. The van der Waals surface area contributed by atoms with Crippen LogP contribution in [0.3, 0.4) is 0 Å². The molecule has 146 valence electrons. The molecule has 0 unspecified atom stereocenters. The molecule has 1 aliphatic rings. The molecule has 1 N–H and O–H groups in total. The average molecular weight is 376 g/mol. The number of aromatic amines is 1. The fourth-order valence-corrected chi connectivity index (χ4v) is 4.34. The van der Waals surface area contributed by atoms with Crippen molar-refractivity contribution < 1.29 is 9.53 Å². The number of hydrogen-bond donors (Lipinski definition) is 1. The molecule has 2 heterocycles. The number of aryl methyl sites for hydroxylation is 2. The largest absolute Gasteiger partial charge is 0.494 e. The van der Waals surface area contributed by atoms with Gasteiger partial charge in [0.05, 0.1) is 19.1 Å². The zero-order valence-corrected chi connectivity index (χ0v) is 16.9. The van der Waals surface area contributed by atoms with Crippen molar-refractivity contribution >= 4 is 16.8 Å². The van der Waals surface area contributed by atoms with Gasteiger partial charge in [-0.25, -0.2) is 0 Å². The molecule has 28 heavy (non-hydrogen) atoms. The second-order valence-electron chi connectivity index (χ2n) is 7.70. The number of H-pyrrole nitrogens is 1. The number of ether oxygens (including phenoxy) is 1. The van der Waals surface area contributed by atoms with E-state index in [-0.39, 0.29) is 11.9 Å². The maximum absolute atomic E-state index is 13.2. The molecule has 0 aliphatic carbocycles. The number of benzene rings is 2. The van der Waals surface area contributed by atoms with E-state index in [0.717, 1.165) is 41.9 Å². The smallest absolute Gasteiger partial charge is 0.227 e. The SMILES string of the molecule is CCOc1ccc([C@@H]2CCCN2C(=O)Cc2c(C)[nH]c3ccc(C)cc23)cc1. The Bertz CT molecular complexity index is 988. The number of carbonyl (C=O) groups excluding carboxylic acids is 1. The first-order valence-electron chi connectivity index (χ1n) is 10.2. The summed E-state index contributed by atoms with van der Waals surface area (Å²) in [6.45, 7) is 7.63. The highest BCUT2D eigenvalue weighted by atomic mass is 16.5. The monoisotopic (exact) mass is 376 g/mol. The number of fused-ring (bicyclic) bond motifs is 1. The van der Waals surface area contributed by atoms with Crippen LogP contribution in [0.25, 0.3) is 10.9 Å². The molecule has 0 spiro atoms. The Balaban J connectivity index is 1.56. The normalized spacial score (nSPS) is 16.7. The number of nitrogens with one attached hydrogen (secondary N) is 1. The van der Waals surface area contributed by atoms with E-state index in [0.29, 0.717) is 13.0 Å².